The van der Waals surface area contributed by atoms with Gasteiger partial charge in [0, 0.05) is 30.4 Å². The van der Waals surface area contributed by atoms with Crippen molar-refractivity contribution < 1.29 is 28.2 Å². The van der Waals surface area contributed by atoms with Gasteiger partial charge >= 0.3 is 0 Å². The van der Waals surface area contributed by atoms with E-state index in [4.69, 9.17) is 14.2 Å². The highest BCUT2D eigenvalue weighted by atomic mass is 19.1. The lowest BCUT2D eigenvalue weighted by Gasteiger charge is -2.21. The molecule has 0 saturated heterocycles. The largest absolute Gasteiger partial charge is 0.493 e. The monoisotopic (exact) mass is 376 g/mol. The number of carbonyl (C=O) groups is 2. The Bertz CT molecular complexity index is 816. The zero-order chi connectivity index (χ0) is 20.0. The molecule has 27 heavy (non-hydrogen) atoms. The zero-order valence-electron chi connectivity index (χ0n) is 15.5. The van der Waals surface area contributed by atoms with Gasteiger partial charge in [0.05, 0.1) is 21.3 Å². The van der Waals surface area contributed by atoms with Gasteiger partial charge in [0.15, 0.2) is 11.5 Å². The van der Waals surface area contributed by atoms with Crippen molar-refractivity contribution in [1.29, 1.82) is 0 Å². The van der Waals surface area contributed by atoms with Gasteiger partial charge in [-0.3, -0.25) is 9.59 Å². The van der Waals surface area contributed by atoms with Crippen LogP contribution in [0.4, 0.5) is 15.8 Å². The first-order valence-electron chi connectivity index (χ1n) is 8.03. The molecule has 0 radical (unpaired) electrons. The molecule has 0 saturated carbocycles. The number of benzene rings is 2. The minimum absolute atomic E-state index is 0.282. The lowest BCUT2D eigenvalue weighted by atomic mass is 10.2. The minimum Gasteiger partial charge on any atom is -0.493 e. The van der Waals surface area contributed by atoms with Gasteiger partial charge in [0.25, 0.3) is 0 Å². The van der Waals surface area contributed by atoms with E-state index in [1.165, 1.54) is 51.4 Å². The number of hydrogen-bond acceptors (Lipinski definition) is 5. The van der Waals surface area contributed by atoms with E-state index in [1.54, 1.807) is 18.2 Å². The molecule has 0 fully saturated rings. The van der Waals surface area contributed by atoms with E-state index in [1.807, 2.05) is 0 Å². The van der Waals surface area contributed by atoms with Crippen molar-refractivity contribution in [3.63, 3.8) is 0 Å². The Hall–Kier alpha value is -3.29. The Morgan fingerprint density at radius 2 is 1.67 bits per heavy atom. The van der Waals surface area contributed by atoms with Gasteiger partial charge in [0.2, 0.25) is 17.6 Å². The van der Waals surface area contributed by atoms with Gasteiger partial charge in [-0.1, -0.05) is 6.07 Å². The predicted molar refractivity (Wildman–Crippen MR) is 99.2 cm³/mol. The topological polar surface area (TPSA) is 77.1 Å². The zero-order valence-corrected chi connectivity index (χ0v) is 15.5. The summed E-state index contributed by atoms with van der Waals surface area (Å²) in [4.78, 5) is 25.5. The maximum absolute atomic E-state index is 13.4. The minimum atomic E-state index is -0.496. The van der Waals surface area contributed by atoms with Crippen LogP contribution in [0.15, 0.2) is 36.4 Å². The summed E-state index contributed by atoms with van der Waals surface area (Å²) in [6.45, 7) is 1.02. The van der Waals surface area contributed by atoms with E-state index in [2.05, 4.69) is 5.32 Å². The normalized spacial score (nSPS) is 10.1. The van der Waals surface area contributed by atoms with Crippen LogP contribution in [0.5, 0.6) is 17.2 Å². The van der Waals surface area contributed by atoms with Crippen LogP contribution in [-0.2, 0) is 9.59 Å². The number of nitrogens with one attached hydrogen (secondary N) is 1. The maximum Gasteiger partial charge on any atom is 0.244 e. The third-order valence-corrected chi connectivity index (χ3v) is 3.75. The summed E-state index contributed by atoms with van der Waals surface area (Å²) >= 11 is 0. The summed E-state index contributed by atoms with van der Waals surface area (Å²) in [5.74, 6) is -0.210. The summed E-state index contributed by atoms with van der Waals surface area (Å²) < 4.78 is 29.1. The third-order valence-electron chi connectivity index (χ3n) is 3.75. The molecule has 0 unspecified atom stereocenters. The molecule has 7 nitrogen and oxygen atoms in total. The smallest absolute Gasteiger partial charge is 0.244 e. The Labute approximate surface area is 156 Å². The number of nitrogens with zero attached hydrogens (tertiary/aromatic N) is 1. The average Bonchev–Trinajstić information content (AvgIpc) is 2.64. The molecule has 144 valence electrons. The standard InChI is InChI=1S/C19H21FN2O5/c1-12(23)22(15-7-5-6-13(20)8-15)11-18(24)21-14-9-16(25-2)19(27-4)17(10-14)26-3/h5-10H,11H2,1-4H3,(H,21,24). The van der Waals surface area contributed by atoms with Crippen molar-refractivity contribution in [3.8, 4) is 17.2 Å². The van der Waals surface area contributed by atoms with E-state index in [-0.39, 0.29) is 12.5 Å². The van der Waals surface area contributed by atoms with Crippen LogP contribution in [-0.4, -0.2) is 39.7 Å². The van der Waals surface area contributed by atoms with Crippen LogP contribution in [0.3, 0.4) is 0 Å². The first-order valence-corrected chi connectivity index (χ1v) is 8.03. The van der Waals surface area contributed by atoms with E-state index in [0.29, 0.717) is 28.6 Å². The fourth-order valence-corrected chi connectivity index (χ4v) is 2.53. The lowest BCUT2D eigenvalue weighted by Crippen LogP contribution is -2.36. The Kier molecular flexibility index (Phi) is 6.59. The fourth-order valence-electron chi connectivity index (χ4n) is 2.53. The molecule has 0 aliphatic carbocycles. The Balaban J connectivity index is 2.22. The molecule has 0 spiro atoms. The maximum atomic E-state index is 13.4. The molecule has 2 aromatic carbocycles. The summed E-state index contributed by atoms with van der Waals surface area (Å²) in [5.41, 5.74) is 0.694. The van der Waals surface area contributed by atoms with E-state index in [0.717, 1.165) is 0 Å². The number of amides is 2. The quantitative estimate of drug-likeness (QED) is 0.804. The van der Waals surface area contributed by atoms with Crippen LogP contribution >= 0.6 is 0 Å². The third kappa shape index (κ3) is 4.87. The average molecular weight is 376 g/mol. The van der Waals surface area contributed by atoms with Crippen LogP contribution in [0.1, 0.15) is 6.92 Å². The molecule has 0 aliphatic heterocycles. The SMILES string of the molecule is COc1cc(NC(=O)CN(C(C)=O)c2cccc(F)c2)cc(OC)c1OC. The molecular formula is C19H21FN2O5. The molecule has 8 heteroatoms. The Morgan fingerprint density at radius 3 is 2.15 bits per heavy atom. The molecule has 2 rings (SSSR count). The molecule has 0 atom stereocenters. The number of hydrogen-bond donors (Lipinski definition) is 1. The number of halogens is 1. The molecule has 0 aliphatic rings. The first kappa shape index (κ1) is 20.0. The van der Waals surface area contributed by atoms with Crippen LogP contribution in [0.2, 0.25) is 0 Å². The predicted octanol–water partition coefficient (Wildman–Crippen LogP) is 2.84. The summed E-state index contributed by atoms with van der Waals surface area (Å²) in [6, 6.07) is 8.61. The molecule has 2 aromatic rings. The van der Waals surface area contributed by atoms with Crippen molar-refractivity contribution in [2.24, 2.45) is 0 Å². The van der Waals surface area contributed by atoms with Crippen molar-refractivity contribution in [2.45, 2.75) is 6.92 Å². The fraction of sp³-hybridized carbons (Fsp3) is 0.263. The van der Waals surface area contributed by atoms with Crippen LogP contribution in [0.25, 0.3) is 0 Å². The van der Waals surface area contributed by atoms with E-state index >= 15 is 0 Å². The van der Waals surface area contributed by atoms with Gasteiger partial charge in [0.1, 0.15) is 12.4 Å². The number of carbonyl (C=O) groups excluding carboxylic acids is 2. The Morgan fingerprint density at radius 1 is 1.04 bits per heavy atom. The molecule has 0 heterocycles. The highest BCUT2D eigenvalue weighted by molar-refractivity contribution is 6.02. The molecule has 2 amide bonds. The lowest BCUT2D eigenvalue weighted by molar-refractivity contribution is -0.120. The van der Waals surface area contributed by atoms with Crippen LogP contribution in [0, 0.1) is 5.82 Å². The van der Waals surface area contributed by atoms with E-state index < -0.39 is 11.7 Å². The molecular weight excluding hydrogens is 355 g/mol. The molecule has 0 aromatic heterocycles. The number of anilines is 2. The van der Waals surface area contributed by atoms with Crippen LogP contribution < -0.4 is 24.4 Å². The van der Waals surface area contributed by atoms with Crippen molar-refractivity contribution >= 4 is 23.2 Å². The number of ether oxygens (including phenoxy) is 3. The molecule has 1 N–H and O–H groups in total. The first-order chi connectivity index (χ1) is 12.9. The van der Waals surface area contributed by atoms with Gasteiger partial charge in [-0.25, -0.2) is 4.39 Å². The van der Waals surface area contributed by atoms with Crippen molar-refractivity contribution in [3.05, 3.63) is 42.2 Å². The number of methoxy groups -OCH3 is 3. The van der Waals surface area contributed by atoms with Gasteiger partial charge in [-0.15, -0.1) is 0 Å². The van der Waals surface area contributed by atoms with E-state index in [9.17, 15) is 14.0 Å². The van der Waals surface area contributed by atoms with Crippen molar-refractivity contribution in [2.75, 3.05) is 38.1 Å². The summed E-state index contributed by atoms with van der Waals surface area (Å²) in [5, 5.41) is 2.67. The van der Waals surface area contributed by atoms with Crippen molar-refractivity contribution in [1.82, 2.24) is 0 Å². The second-order valence-electron chi connectivity index (χ2n) is 5.55. The summed E-state index contributed by atoms with van der Waals surface area (Å²) in [7, 11) is 4.40. The summed E-state index contributed by atoms with van der Waals surface area (Å²) in [6.07, 6.45) is 0. The van der Waals surface area contributed by atoms with Gasteiger partial charge < -0.3 is 24.4 Å². The molecule has 0 bridgehead atoms. The van der Waals surface area contributed by atoms with Gasteiger partial charge in [-0.2, -0.15) is 0 Å². The highest BCUT2D eigenvalue weighted by Gasteiger charge is 2.18. The number of rotatable bonds is 7. The van der Waals surface area contributed by atoms with Gasteiger partial charge in [-0.05, 0) is 18.2 Å². The second-order valence-corrected chi connectivity index (χ2v) is 5.55. The highest BCUT2D eigenvalue weighted by Crippen LogP contribution is 2.39. The second kappa shape index (κ2) is 8.88.